The zero-order chi connectivity index (χ0) is 9.19. The highest BCUT2D eigenvalue weighted by Crippen LogP contribution is 2.42. The number of hydrogen-bond acceptors (Lipinski definition) is 4. The smallest absolute Gasteiger partial charge is 0.322 e. The van der Waals surface area contributed by atoms with E-state index in [2.05, 4.69) is 0 Å². The molecule has 1 aliphatic rings. The second-order valence-corrected chi connectivity index (χ2v) is 4.28. The van der Waals surface area contributed by atoms with Crippen LogP contribution in [0.3, 0.4) is 0 Å². The van der Waals surface area contributed by atoms with Crippen LogP contribution in [0.25, 0.3) is 0 Å². The Morgan fingerprint density at radius 2 is 2.33 bits per heavy atom. The van der Waals surface area contributed by atoms with Crippen LogP contribution in [0.1, 0.15) is 19.8 Å². The minimum atomic E-state index is -0.324. The molecule has 0 heterocycles. The van der Waals surface area contributed by atoms with Crippen molar-refractivity contribution in [2.75, 3.05) is 12.9 Å². The lowest BCUT2D eigenvalue weighted by Gasteiger charge is -2.42. The SMILES string of the molecule is CCOC(=O)C1(SC)CC(N)C1. The Morgan fingerprint density at radius 1 is 1.75 bits per heavy atom. The highest BCUT2D eigenvalue weighted by Gasteiger charge is 2.49. The van der Waals surface area contributed by atoms with Crippen LogP contribution in [0.2, 0.25) is 0 Å². The lowest BCUT2D eigenvalue weighted by Crippen LogP contribution is -2.54. The summed E-state index contributed by atoms with van der Waals surface area (Å²) in [5.41, 5.74) is 5.64. The first-order valence-electron chi connectivity index (χ1n) is 4.12. The second kappa shape index (κ2) is 3.66. The predicted octanol–water partition coefficient (Wildman–Crippen LogP) is 0.772. The van der Waals surface area contributed by atoms with Crippen LogP contribution in [0.4, 0.5) is 0 Å². The molecule has 2 N–H and O–H groups in total. The minimum Gasteiger partial charge on any atom is -0.465 e. The summed E-state index contributed by atoms with van der Waals surface area (Å²) < 4.78 is 4.65. The number of nitrogens with two attached hydrogens (primary N) is 1. The van der Waals surface area contributed by atoms with Gasteiger partial charge in [0.1, 0.15) is 4.75 Å². The molecule has 0 aliphatic heterocycles. The fourth-order valence-corrected chi connectivity index (χ4v) is 2.45. The Balaban J connectivity index is 2.51. The Kier molecular flexibility index (Phi) is 3.01. The molecule has 3 nitrogen and oxygen atoms in total. The van der Waals surface area contributed by atoms with E-state index in [-0.39, 0.29) is 16.8 Å². The lowest BCUT2D eigenvalue weighted by molar-refractivity contribution is -0.148. The average molecular weight is 189 g/mol. The number of carbonyl (C=O) groups is 1. The predicted molar refractivity (Wildman–Crippen MR) is 50.1 cm³/mol. The maximum absolute atomic E-state index is 11.4. The molecule has 0 bridgehead atoms. The van der Waals surface area contributed by atoms with Gasteiger partial charge in [-0.05, 0) is 26.0 Å². The van der Waals surface area contributed by atoms with Crippen molar-refractivity contribution in [3.05, 3.63) is 0 Å². The fourth-order valence-electron chi connectivity index (χ4n) is 1.47. The molecular formula is C8H15NO2S. The molecule has 0 radical (unpaired) electrons. The highest BCUT2D eigenvalue weighted by molar-refractivity contribution is 8.00. The molecule has 0 aromatic carbocycles. The van der Waals surface area contributed by atoms with Crippen LogP contribution in [0.15, 0.2) is 0 Å². The summed E-state index contributed by atoms with van der Waals surface area (Å²) in [5, 5.41) is 0. The van der Waals surface area contributed by atoms with Crippen LogP contribution >= 0.6 is 11.8 Å². The van der Waals surface area contributed by atoms with Crippen molar-refractivity contribution < 1.29 is 9.53 Å². The van der Waals surface area contributed by atoms with Crippen molar-refractivity contribution in [3.8, 4) is 0 Å². The third-order valence-electron chi connectivity index (χ3n) is 2.22. The molecule has 4 heteroatoms. The summed E-state index contributed by atoms with van der Waals surface area (Å²) in [5.74, 6) is -0.0980. The van der Waals surface area contributed by atoms with Gasteiger partial charge in [0, 0.05) is 6.04 Å². The Morgan fingerprint density at radius 3 is 2.67 bits per heavy atom. The number of ether oxygens (including phenoxy) is 1. The Bertz CT molecular complexity index is 178. The van der Waals surface area contributed by atoms with E-state index in [1.54, 1.807) is 11.8 Å². The van der Waals surface area contributed by atoms with Gasteiger partial charge in [0.2, 0.25) is 0 Å². The van der Waals surface area contributed by atoms with Crippen molar-refractivity contribution >= 4 is 17.7 Å². The molecule has 1 rings (SSSR count). The van der Waals surface area contributed by atoms with Crippen LogP contribution in [0.5, 0.6) is 0 Å². The fraction of sp³-hybridized carbons (Fsp3) is 0.875. The van der Waals surface area contributed by atoms with Gasteiger partial charge in [0.25, 0.3) is 0 Å². The molecule has 12 heavy (non-hydrogen) atoms. The molecule has 1 aliphatic carbocycles. The maximum Gasteiger partial charge on any atom is 0.322 e. The van der Waals surface area contributed by atoms with Crippen LogP contribution in [-0.4, -0.2) is 29.6 Å². The van der Waals surface area contributed by atoms with E-state index >= 15 is 0 Å². The number of carbonyl (C=O) groups excluding carboxylic acids is 1. The molecule has 0 atom stereocenters. The third kappa shape index (κ3) is 1.59. The molecule has 1 saturated carbocycles. The van der Waals surface area contributed by atoms with E-state index in [1.165, 1.54) is 0 Å². The van der Waals surface area contributed by atoms with E-state index in [0.717, 1.165) is 12.8 Å². The van der Waals surface area contributed by atoms with Gasteiger partial charge in [-0.15, -0.1) is 11.8 Å². The molecule has 0 saturated heterocycles. The zero-order valence-corrected chi connectivity index (χ0v) is 8.32. The van der Waals surface area contributed by atoms with Gasteiger partial charge in [0.15, 0.2) is 0 Å². The van der Waals surface area contributed by atoms with Gasteiger partial charge < -0.3 is 10.5 Å². The van der Waals surface area contributed by atoms with Gasteiger partial charge in [-0.1, -0.05) is 0 Å². The van der Waals surface area contributed by atoms with Gasteiger partial charge in [-0.2, -0.15) is 0 Å². The quantitative estimate of drug-likeness (QED) is 0.666. The molecule has 1 fully saturated rings. The first-order valence-corrected chi connectivity index (χ1v) is 5.35. The van der Waals surface area contributed by atoms with Crippen molar-refractivity contribution in [1.29, 1.82) is 0 Å². The van der Waals surface area contributed by atoms with E-state index in [1.807, 2.05) is 13.2 Å². The third-order valence-corrected chi connectivity index (χ3v) is 3.50. The van der Waals surface area contributed by atoms with E-state index in [0.29, 0.717) is 6.61 Å². The van der Waals surface area contributed by atoms with Gasteiger partial charge in [-0.25, -0.2) is 0 Å². The molecular weight excluding hydrogens is 174 g/mol. The summed E-state index contributed by atoms with van der Waals surface area (Å²) in [7, 11) is 0. The summed E-state index contributed by atoms with van der Waals surface area (Å²) in [4.78, 5) is 11.4. The van der Waals surface area contributed by atoms with Crippen LogP contribution in [0, 0.1) is 0 Å². The van der Waals surface area contributed by atoms with E-state index < -0.39 is 0 Å². The van der Waals surface area contributed by atoms with Crippen molar-refractivity contribution in [2.24, 2.45) is 5.73 Å². The largest absolute Gasteiger partial charge is 0.465 e. The summed E-state index contributed by atoms with van der Waals surface area (Å²) in [6.45, 7) is 2.28. The average Bonchev–Trinajstić information content (AvgIpc) is 1.98. The lowest BCUT2D eigenvalue weighted by atomic mass is 9.80. The van der Waals surface area contributed by atoms with Gasteiger partial charge >= 0.3 is 5.97 Å². The monoisotopic (exact) mass is 189 g/mol. The minimum absolute atomic E-state index is 0.0980. The normalized spacial score (nSPS) is 34.1. The molecule has 0 aromatic heterocycles. The molecule has 70 valence electrons. The van der Waals surface area contributed by atoms with Crippen molar-refractivity contribution in [1.82, 2.24) is 0 Å². The summed E-state index contributed by atoms with van der Waals surface area (Å²) in [6, 6.07) is 0.182. The zero-order valence-electron chi connectivity index (χ0n) is 7.50. The molecule has 0 aromatic rings. The number of thioether (sulfide) groups is 1. The number of hydrogen-bond donors (Lipinski definition) is 1. The Labute approximate surface area is 77.0 Å². The van der Waals surface area contributed by atoms with Gasteiger partial charge in [0.05, 0.1) is 6.61 Å². The van der Waals surface area contributed by atoms with Crippen molar-refractivity contribution in [2.45, 2.75) is 30.6 Å². The first kappa shape index (κ1) is 9.86. The first-order chi connectivity index (χ1) is 5.64. The standard InChI is InChI=1S/C8H15NO2S/c1-3-11-7(10)8(12-2)4-6(9)5-8/h6H,3-5,9H2,1-2H3. The van der Waals surface area contributed by atoms with Crippen LogP contribution < -0.4 is 5.73 Å². The molecule has 0 amide bonds. The number of esters is 1. The molecule has 0 spiro atoms. The van der Waals surface area contributed by atoms with E-state index in [4.69, 9.17) is 10.5 Å². The summed E-state index contributed by atoms with van der Waals surface area (Å²) >= 11 is 1.56. The maximum atomic E-state index is 11.4. The van der Waals surface area contributed by atoms with E-state index in [9.17, 15) is 4.79 Å². The highest BCUT2D eigenvalue weighted by atomic mass is 32.2. The van der Waals surface area contributed by atoms with Crippen LogP contribution in [-0.2, 0) is 9.53 Å². The molecule has 0 unspecified atom stereocenters. The Hall–Kier alpha value is -0.220. The second-order valence-electron chi connectivity index (χ2n) is 3.09. The van der Waals surface area contributed by atoms with Crippen molar-refractivity contribution in [3.63, 3.8) is 0 Å². The van der Waals surface area contributed by atoms with Gasteiger partial charge in [-0.3, -0.25) is 4.79 Å². The topological polar surface area (TPSA) is 52.3 Å². The summed E-state index contributed by atoms with van der Waals surface area (Å²) in [6.07, 6.45) is 3.45. The number of rotatable bonds is 3.